The van der Waals surface area contributed by atoms with Crippen LogP contribution < -0.4 is 0 Å². The van der Waals surface area contributed by atoms with E-state index in [-0.39, 0.29) is 0 Å². The van der Waals surface area contributed by atoms with Gasteiger partial charge in [-0.25, -0.2) is 0 Å². The van der Waals surface area contributed by atoms with Gasteiger partial charge in [0.05, 0.1) is 66.2 Å². The fourth-order valence-electron chi connectivity index (χ4n) is 13.4. The molecule has 0 saturated heterocycles. The molecular weight excluding hydrogens is 1290 g/mol. The Labute approximate surface area is 607 Å². The van der Waals surface area contributed by atoms with Crippen LogP contribution in [0.2, 0.25) is 0 Å². The Morgan fingerprint density at radius 2 is 0.571 bits per heavy atom. The highest BCUT2D eigenvalue weighted by Gasteiger charge is 2.10. The average Bonchev–Trinajstić information content (AvgIpc) is 0.821. The van der Waals surface area contributed by atoms with Crippen molar-refractivity contribution in [3.05, 3.63) is 350 Å². The highest BCUT2D eigenvalue weighted by molar-refractivity contribution is 6.09. The number of para-hydroxylation sites is 2. The second-order valence-corrected chi connectivity index (χ2v) is 26.0. The van der Waals surface area contributed by atoms with Gasteiger partial charge in [0.25, 0.3) is 0 Å². The predicted molar refractivity (Wildman–Crippen MR) is 437 cm³/mol. The Kier molecular flexibility index (Phi) is 19.4. The first-order valence-corrected chi connectivity index (χ1v) is 34.9. The molecule has 0 bridgehead atoms. The van der Waals surface area contributed by atoms with Crippen LogP contribution in [0.3, 0.4) is 0 Å². The van der Waals surface area contributed by atoms with E-state index in [1.807, 2.05) is 143 Å². The molecular formula is C93H72N12. The topological polar surface area (TPSA) is 155 Å². The molecule has 9 aromatic carbocycles. The van der Waals surface area contributed by atoms with Crippen molar-refractivity contribution in [1.82, 2.24) is 59.8 Å². The van der Waals surface area contributed by atoms with Crippen molar-refractivity contribution in [1.29, 1.82) is 0 Å². The van der Waals surface area contributed by atoms with Crippen molar-refractivity contribution in [2.75, 3.05) is 0 Å². The lowest BCUT2D eigenvalue weighted by molar-refractivity contribution is 1.25. The number of rotatable bonds is 0. The van der Waals surface area contributed by atoms with Crippen molar-refractivity contribution in [3.63, 3.8) is 0 Å². The molecule has 12 nitrogen and oxygen atoms in total. The summed E-state index contributed by atoms with van der Waals surface area (Å²) in [5.41, 5.74) is 20.3. The van der Waals surface area contributed by atoms with Gasteiger partial charge in [-0.2, -0.15) is 0 Å². The zero-order chi connectivity index (χ0) is 71.8. The third-order valence-electron chi connectivity index (χ3n) is 18.7. The van der Waals surface area contributed by atoms with E-state index in [1.165, 1.54) is 70.9 Å². The number of aryl methyl sites for hydroxylation is 7. The molecule has 12 aromatic heterocycles. The van der Waals surface area contributed by atoms with E-state index in [2.05, 4.69) is 276 Å². The fraction of sp³-hybridized carbons (Fsp3) is 0.0753. The maximum absolute atomic E-state index is 4.54. The molecule has 0 amide bonds. The summed E-state index contributed by atoms with van der Waals surface area (Å²) in [6, 6.07) is 84.8. The van der Waals surface area contributed by atoms with E-state index >= 15 is 0 Å². The molecule has 12 heterocycles. The van der Waals surface area contributed by atoms with Gasteiger partial charge in [-0.15, -0.1) is 0 Å². The normalized spacial score (nSPS) is 11.0. The number of hydrogen-bond acceptors (Lipinski definition) is 12. The van der Waals surface area contributed by atoms with Gasteiger partial charge in [0.15, 0.2) is 0 Å². The highest BCUT2D eigenvalue weighted by Crippen LogP contribution is 2.31. The minimum atomic E-state index is 0.981. The van der Waals surface area contributed by atoms with E-state index in [0.29, 0.717) is 0 Å². The zero-order valence-corrected chi connectivity index (χ0v) is 59.3. The lowest BCUT2D eigenvalue weighted by Crippen LogP contribution is -1.86. The number of pyridine rings is 12. The molecule has 504 valence electrons. The molecule has 0 aliphatic rings. The summed E-state index contributed by atoms with van der Waals surface area (Å²) in [5.74, 6) is 0. The summed E-state index contributed by atoms with van der Waals surface area (Å²) in [4.78, 5) is 53.3. The summed E-state index contributed by atoms with van der Waals surface area (Å²) >= 11 is 0. The second kappa shape index (κ2) is 30.3. The standard InChI is InChI=1S/2C14H11N.5C13H10N2/c1-10-5-4-7-11-12-6-2-3-8-14(12)15-9-13(10)11;1-10-5-4-8-13-12-7-3-2-6-11(12)9-15-14(10)13;1-9-8-10-4-2-6-14-12(10)13-11(9)5-3-7-15-13;2*1-9-4-5-11-7-6-10-3-2-8-14-12(10)13(11)15-9;1-9-6-8-15-13-11(9)5-4-10-3-2-7-14-12(10)13;1-9-7-11-5-4-10-3-2-6-14-12(10)13(11)15-8-9/h2*2-9H,1H3;5*2-8H,1H3. The maximum atomic E-state index is 4.54. The first kappa shape index (κ1) is 67.3. The molecule has 0 unspecified atom stereocenters. The van der Waals surface area contributed by atoms with E-state index in [1.54, 1.807) is 0 Å². The van der Waals surface area contributed by atoms with Crippen LogP contribution in [0.15, 0.2) is 311 Å². The van der Waals surface area contributed by atoms with Crippen molar-refractivity contribution < 1.29 is 0 Å². The monoisotopic (exact) mass is 1360 g/mol. The van der Waals surface area contributed by atoms with Gasteiger partial charge < -0.3 is 0 Å². The molecule has 0 aliphatic heterocycles. The minimum Gasteiger partial charge on any atom is -0.256 e. The van der Waals surface area contributed by atoms with Crippen LogP contribution >= 0.6 is 0 Å². The Morgan fingerprint density at radius 3 is 1.19 bits per heavy atom. The number of benzene rings is 9. The average molecular weight is 1360 g/mol. The molecule has 105 heavy (non-hydrogen) atoms. The fourth-order valence-corrected chi connectivity index (χ4v) is 13.4. The molecule has 0 aliphatic carbocycles. The summed E-state index contributed by atoms with van der Waals surface area (Å²) < 4.78 is 0. The molecule has 21 rings (SSSR count). The summed E-state index contributed by atoms with van der Waals surface area (Å²) in [6.07, 6.45) is 18.5. The number of nitrogens with zero attached hydrogens (tertiary/aromatic N) is 12. The third-order valence-corrected chi connectivity index (χ3v) is 18.7. The van der Waals surface area contributed by atoms with Crippen molar-refractivity contribution in [2.45, 2.75) is 48.5 Å². The van der Waals surface area contributed by atoms with Gasteiger partial charge in [0.2, 0.25) is 0 Å². The van der Waals surface area contributed by atoms with Crippen molar-refractivity contribution >= 4 is 152 Å². The number of fused-ring (bicyclic) bond motifs is 21. The number of aromatic nitrogens is 12. The van der Waals surface area contributed by atoms with Gasteiger partial charge in [-0.1, -0.05) is 176 Å². The number of hydrogen-bond donors (Lipinski definition) is 0. The molecule has 0 fully saturated rings. The first-order chi connectivity index (χ1) is 51.5. The molecule has 0 atom stereocenters. The largest absolute Gasteiger partial charge is 0.256 e. The van der Waals surface area contributed by atoms with Gasteiger partial charge in [-0.3, -0.25) is 59.8 Å². The lowest BCUT2D eigenvalue weighted by Gasteiger charge is -2.04. The van der Waals surface area contributed by atoms with Crippen LogP contribution in [0.5, 0.6) is 0 Å². The smallest absolute Gasteiger partial charge is 0.0967 e. The third kappa shape index (κ3) is 14.4. The van der Waals surface area contributed by atoms with Gasteiger partial charge in [0, 0.05) is 149 Å². The van der Waals surface area contributed by atoms with E-state index in [0.717, 1.165) is 121 Å². The zero-order valence-electron chi connectivity index (χ0n) is 59.3. The van der Waals surface area contributed by atoms with Crippen LogP contribution in [-0.4, -0.2) is 59.8 Å². The summed E-state index contributed by atoms with van der Waals surface area (Å²) in [5, 5.41) is 19.0. The quantitative estimate of drug-likeness (QED) is 0.133. The second-order valence-electron chi connectivity index (χ2n) is 26.0. The SMILES string of the molecule is Cc1cc2cccnc2c2ncccc12.Cc1ccc2ccc3cccnc3c2n1.Cc1ccc2ccc3cccnc3c2n1.Cc1cccc2c1cnc1ccccc12.Cc1cccc2c1ncc1ccccc12.Cc1ccnc2c1ccc1cccnc12.Cc1cnc2c(ccc3cccnc32)c1. The Balaban J connectivity index is 0.0000000983. The lowest BCUT2D eigenvalue weighted by atomic mass is 10.0. The summed E-state index contributed by atoms with van der Waals surface area (Å²) in [6.45, 7) is 14.5. The van der Waals surface area contributed by atoms with E-state index in [4.69, 9.17) is 0 Å². The molecule has 0 N–H and O–H groups in total. The Hall–Kier alpha value is -13.6. The molecule has 21 aromatic rings. The van der Waals surface area contributed by atoms with Gasteiger partial charge in [0.1, 0.15) is 0 Å². The van der Waals surface area contributed by atoms with Crippen LogP contribution in [-0.2, 0) is 0 Å². The first-order valence-electron chi connectivity index (χ1n) is 34.9. The molecule has 0 radical (unpaired) electrons. The predicted octanol–water partition coefficient (Wildman–Crippen LogP) is 22.8. The molecule has 0 spiro atoms. The Morgan fingerprint density at radius 1 is 0.181 bits per heavy atom. The van der Waals surface area contributed by atoms with E-state index < -0.39 is 0 Å². The van der Waals surface area contributed by atoms with Crippen LogP contribution in [0, 0.1) is 48.5 Å². The highest BCUT2D eigenvalue weighted by atomic mass is 14.8. The van der Waals surface area contributed by atoms with Crippen LogP contribution in [0.1, 0.15) is 39.2 Å². The molecule has 0 saturated carbocycles. The van der Waals surface area contributed by atoms with Gasteiger partial charge >= 0.3 is 0 Å². The summed E-state index contributed by atoms with van der Waals surface area (Å²) in [7, 11) is 0. The Bertz CT molecular complexity index is 6260. The van der Waals surface area contributed by atoms with E-state index in [9.17, 15) is 0 Å². The maximum Gasteiger partial charge on any atom is 0.0967 e. The van der Waals surface area contributed by atoms with Gasteiger partial charge in [-0.05, 0) is 160 Å². The van der Waals surface area contributed by atoms with Crippen molar-refractivity contribution in [3.8, 4) is 0 Å². The molecule has 12 heteroatoms. The van der Waals surface area contributed by atoms with Crippen LogP contribution in [0.25, 0.3) is 152 Å². The van der Waals surface area contributed by atoms with Crippen LogP contribution in [0.4, 0.5) is 0 Å². The van der Waals surface area contributed by atoms with Crippen molar-refractivity contribution in [2.24, 2.45) is 0 Å². The minimum absolute atomic E-state index is 0.981.